The van der Waals surface area contributed by atoms with Crippen molar-refractivity contribution in [2.24, 2.45) is 0 Å². The predicted octanol–water partition coefficient (Wildman–Crippen LogP) is -0.415. The molecule has 15 heavy (non-hydrogen) atoms. The molecule has 0 spiro atoms. The number of carboxylic acids is 1. The Labute approximate surface area is 90.3 Å². The fourth-order valence-electron chi connectivity index (χ4n) is 1.20. The lowest BCUT2D eigenvalue weighted by atomic mass is 10.1. The summed E-state index contributed by atoms with van der Waals surface area (Å²) in [6.45, 7) is 0.735. The second-order valence-corrected chi connectivity index (χ2v) is 3.25. The molecule has 0 saturated carbocycles. The van der Waals surface area contributed by atoms with Crippen LogP contribution in [0.4, 0.5) is 0 Å². The summed E-state index contributed by atoms with van der Waals surface area (Å²) in [5, 5.41) is 10.2. The second kappa shape index (κ2) is 9.89. The maximum Gasteiger partial charge on any atom is 0.0866 e. The third-order valence-electron chi connectivity index (χ3n) is 1.91. The molecule has 5 heteroatoms. The minimum Gasteiger partial charge on any atom is -0.548 e. The average Bonchev–Trinajstić information content (AvgIpc) is 2.20. The van der Waals surface area contributed by atoms with Crippen molar-refractivity contribution in [1.29, 1.82) is 0 Å². The Balaban J connectivity index is 3.57. The van der Waals surface area contributed by atoms with Gasteiger partial charge >= 0.3 is 0 Å². The molecule has 0 aromatic carbocycles. The zero-order chi connectivity index (χ0) is 11.5. The number of carbonyl (C=O) groups excluding carboxylic acids is 1. The fourth-order valence-corrected chi connectivity index (χ4v) is 1.20. The number of unbranched alkanes of at least 4 members (excludes halogenated alkanes) is 1. The monoisotopic (exact) mass is 219 g/mol. The number of hydrogen-bond acceptors (Lipinski definition) is 5. The van der Waals surface area contributed by atoms with Gasteiger partial charge in [-0.1, -0.05) is 0 Å². The first-order valence-corrected chi connectivity index (χ1v) is 5.00. The van der Waals surface area contributed by atoms with Crippen LogP contribution in [0.1, 0.15) is 19.3 Å². The van der Waals surface area contributed by atoms with Crippen molar-refractivity contribution in [3.63, 3.8) is 0 Å². The van der Waals surface area contributed by atoms with Crippen LogP contribution < -0.4 is 5.11 Å². The summed E-state index contributed by atoms with van der Waals surface area (Å²) in [4.78, 5) is 10.2. The van der Waals surface area contributed by atoms with E-state index in [1.807, 2.05) is 0 Å². The topological polar surface area (TPSA) is 67.8 Å². The summed E-state index contributed by atoms with van der Waals surface area (Å²) >= 11 is 0. The normalized spacial score (nSPS) is 12.7. The second-order valence-electron chi connectivity index (χ2n) is 3.25. The summed E-state index contributed by atoms with van der Waals surface area (Å²) in [6.07, 6.45) is 2.45. The summed E-state index contributed by atoms with van der Waals surface area (Å²) in [6, 6.07) is 0. The molecular weight excluding hydrogens is 200 g/mol. The smallest absolute Gasteiger partial charge is 0.0866 e. The van der Waals surface area contributed by atoms with Gasteiger partial charge in [0, 0.05) is 20.8 Å². The Hall–Kier alpha value is -0.650. The van der Waals surface area contributed by atoms with Gasteiger partial charge < -0.3 is 24.1 Å². The summed E-state index contributed by atoms with van der Waals surface area (Å²) in [7, 11) is 3.21. The first kappa shape index (κ1) is 14.3. The lowest BCUT2D eigenvalue weighted by Crippen LogP contribution is -2.31. The molecule has 0 rings (SSSR count). The van der Waals surface area contributed by atoms with Crippen LogP contribution in [0.3, 0.4) is 0 Å². The molecule has 0 saturated heterocycles. The number of methoxy groups -OCH3 is 2. The van der Waals surface area contributed by atoms with Gasteiger partial charge in [0.15, 0.2) is 0 Å². The van der Waals surface area contributed by atoms with Crippen molar-refractivity contribution < 1.29 is 24.1 Å². The molecule has 5 nitrogen and oxygen atoms in total. The zero-order valence-electron chi connectivity index (χ0n) is 9.36. The Morgan fingerprint density at radius 2 is 2.00 bits per heavy atom. The third-order valence-corrected chi connectivity index (χ3v) is 1.91. The highest BCUT2D eigenvalue weighted by Gasteiger charge is 2.08. The van der Waals surface area contributed by atoms with Crippen molar-refractivity contribution in [3.8, 4) is 0 Å². The largest absolute Gasteiger partial charge is 0.548 e. The molecule has 0 amide bonds. The maximum absolute atomic E-state index is 10.2. The molecule has 1 unspecified atom stereocenters. The summed E-state index contributed by atoms with van der Waals surface area (Å²) < 4.78 is 14.9. The van der Waals surface area contributed by atoms with Crippen LogP contribution in [0.15, 0.2) is 0 Å². The maximum atomic E-state index is 10.2. The van der Waals surface area contributed by atoms with E-state index in [0.717, 1.165) is 19.3 Å². The van der Waals surface area contributed by atoms with Gasteiger partial charge in [0.1, 0.15) is 0 Å². The minimum absolute atomic E-state index is 0.176. The van der Waals surface area contributed by atoms with Crippen LogP contribution in [0, 0.1) is 0 Å². The van der Waals surface area contributed by atoms with Gasteiger partial charge in [-0.3, -0.25) is 0 Å². The van der Waals surface area contributed by atoms with Crippen LogP contribution in [-0.4, -0.2) is 46.1 Å². The van der Waals surface area contributed by atoms with Crippen LogP contribution in [0.25, 0.3) is 0 Å². The van der Waals surface area contributed by atoms with E-state index in [4.69, 9.17) is 14.2 Å². The third kappa shape index (κ3) is 9.65. The molecule has 0 aliphatic carbocycles. The predicted molar refractivity (Wildman–Crippen MR) is 52.4 cm³/mol. The van der Waals surface area contributed by atoms with Crippen LogP contribution in [0.5, 0.6) is 0 Å². The van der Waals surface area contributed by atoms with Gasteiger partial charge in [0.25, 0.3) is 0 Å². The summed E-state index contributed by atoms with van der Waals surface area (Å²) in [5.74, 6) is -1.20. The molecule has 0 radical (unpaired) electrons. The van der Waals surface area contributed by atoms with Crippen LogP contribution in [0.2, 0.25) is 0 Å². The van der Waals surface area contributed by atoms with Gasteiger partial charge in [-0.2, -0.15) is 0 Å². The molecule has 0 aliphatic rings. The van der Waals surface area contributed by atoms with Gasteiger partial charge in [0.05, 0.1) is 25.3 Å². The van der Waals surface area contributed by atoms with E-state index in [1.165, 1.54) is 0 Å². The van der Waals surface area contributed by atoms with Crippen molar-refractivity contribution in [2.75, 3.05) is 34.0 Å². The van der Waals surface area contributed by atoms with E-state index in [1.54, 1.807) is 14.2 Å². The fraction of sp³-hybridized carbons (Fsp3) is 0.900. The quantitative estimate of drug-likeness (QED) is 0.467. The van der Waals surface area contributed by atoms with Crippen molar-refractivity contribution >= 4 is 5.97 Å². The number of carbonyl (C=O) groups is 1. The molecule has 1 atom stereocenters. The highest BCUT2D eigenvalue weighted by molar-refractivity contribution is 5.65. The molecule has 0 fully saturated rings. The van der Waals surface area contributed by atoms with Crippen LogP contribution in [-0.2, 0) is 19.0 Å². The lowest BCUT2D eigenvalue weighted by Gasteiger charge is -2.17. The summed E-state index contributed by atoms with van der Waals surface area (Å²) in [5.41, 5.74) is 0. The molecule has 0 bridgehead atoms. The van der Waals surface area contributed by atoms with E-state index in [-0.39, 0.29) is 12.7 Å². The van der Waals surface area contributed by atoms with Gasteiger partial charge in [0.2, 0.25) is 0 Å². The minimum atomic E-state index is -1.20. The highest BCUT2D eigenvalue weighted by Crippen LogP contribution is 2.05. The van der Waals surface area contributed by atoms with Crippen LogP contribution >= 0.6 is 0 Å². The Bertz CT molecular complexity index is 160. The van der Waals surface area contributed by atoms with Crippen molar-refractivity contribution in [1.82, 2.24) is 0 Å². The Morgan fingerprint density at radius 3 is 2.53 bits per heavy atom. The Morgan fingerprint density at radius 1 is 1.27 bits per heavy atom. The molecule has 0 aromatic rings. The van der Waals surface area contributed by atoms with Crippen molar-refractivity contribution in [3.05, 3.63) is 0 Å². The molecule has 90 valence electrons. The molecule has 0 N–H and O–H groups in total. The van der Waals surface area contributed by atoms with E-state index in [2.05, 4.69) is 0 Å². The lowest BCUT2D eigenvalue weighted by molar-refractivity contribution is -0.310. The zero-order valence-corrected chi connectivity index (χ0v) is 9.36. The van der Waals surface area contributed by atoms with Gasteiger partial charge in [-0.15, -0.1) is 0 Å². The molecular formula is C10H19O5-. The van der Waals surface area contributed by atoms with Gasteiger partial charge in [-0.25, -0.2) is 0 Å². The Kier molecular flexibility index (Phi) is 9.46. The molecule has 0 heterocycles. The number of rotatable bonds is 10. The van der Waals surface area contributed by atoms with E-state index >= 15 is 0 Å². The number of hydrogen-bond donors (Lipinski definition) is 0. The standard InChI is InChI=1S/C10H20O5/c1-13-6-4-3-5-9(7-14-2)15-8-10(11)12/h9H,3-8H2,1-2H3,(H,11,12)/p-1. The first-order chi connectivity index (χ1) is 7.20. The van der Waals surface area contributed by atoms with Crippen molar-refractivity contribution in [2.45, 2.75) is 25.4 Å². The number of aliphatic carboxylic acids is 1. The number of ether oxygens (including phenoxy) is 3. The SMILES string of the molecule is COCCCCC(COC)OCC(=O)[O-]. The van der Waals surface area contributed by atoms with E-state index < -0.39 is 5.97 Å². The van der Waals surface area contributed by atoms with E-state index in [9.17, 15) is 9.90 Å². The first-order valence-electron chi connectivity index (χ1n) is 5.00. The van der Waals surface area contributed by atoms with Gasteiger partial charge in [-0.05, 0) is 19.3 Å². The average molecular weight is 219 g/mol. The number of carboxylic acid groups (broad SMARTS) is 1. The molecule has 0 aromatic heterocycles. The highest BCUT2D eigenvalue weighted by atomic mass is 16.5. The molecule has 0 aliphatic heterocycles. The van der Waals surface area contributed by atoms with E-state index in [0.29, 0.717) is 13.2 Å².